The summed E-state index contributed by atoms with van der Waals surface area (Å²) >= 11 is 5.69. The molecule has 0 atom stereocenters. The summed E-state index contributed by atoms with van der Waals surface area (Å²) in [7, 11) is 0. The summed E-state index contributed by atoms with van der Waals surface area (Å²) in [6.07, 6.45) is 2.72. The monoisotopic (exact) mass is 472 g/mol. The normalized spacial score (nSPS) is 10.6. The minimum atomic E-state index is -0.964. The average molecular weight is 473 g/mol. The second-order valence-corrected chi connectivity index (χ2v) is 6.87. The first-order chi connectivity index (χ1) is 15.9. The van der Waals surface area contributed by atoms with E-state index < -0.39 is 23.5 Å². The number of hydrogen-bond donors (Lipinski definition) is 3. The van der Waals surface area contributed by atoms with Gasteiger partial charge in [0.1, 0.15) is 17.3 Å². The number of halogens is 2. The number of amides is 3. The van der Waals surface area contributed by atoms with Gasteiger partial charge in [-0.1, -0.05) is 23.7 Å². The molecular formula is C22H18ClFN4O5. The number of nitrogens with one attached hydrogen (secondary N) is 3. The van der Waals surface area contributed by atoms with Gasteiger partial charge in [0.05, 0.1) is 24.0 Å². The molecule has 0 spiro atoms. The van der Waals surface area contributed by atoms with E-state index in [1.165, 1.54) is 24.6 Å². The Morgan fingerprint density at radius 2 is 1.91 bits per heavy atom. The Morgan fingerprint density at radius 3 is 2.67 bits per heavy atom. The van der Waals surface area contributed by atoms with Gasteiger partial charge in [-0.3, -0.25) is 14.4 Å². The number of benzene rings is 2. The van der Waals surface area contributed by atoms with E-state index in [1.807, 2.05) is 0 Å². The minimum absolute atomic E-state index is 0.0613. The molecule has 0 aliphatic carbocycles. The van der Waals surface area contributed by atoms with Gasteiger partial charge in [-0.25, -0.2) is 9.82 Å². The first-order valence-electron chi connectivity index (χ1n) is 9.52. The van der Waals surface area contributed by atoms with E-state index in [0.29, 0.717) is 22.8 Å². The van der Waals surface area contributed by atoms with Crippen LogP contribution in [0.5, 0.6) is 5.75 Å². The van der Waals surface area contributed by atoms with Crippen LogP contribution >= 0.6 is 11.6 Å². The number of anilines is 1. The quantitative estimate of drug-likeness (QED) is 0.264. The van der Waals surface area contributed by atoms with Crippen molar-refractivity contribution in [3.8, 4) is 5.75 Å². The van der Waals surface area contributed by atoms with Crippen LogP contribution in [0.1, 0.15) is 11.3 Å². The number of furan rings is 1. The van der Waals surface area contributed by atoms with Crippen LogP contribution in [-0.2, 0) is 20.9 Å². The fourth-order valence-electron chi connectivity index (χ4n) is 2.50. The molecule has 33 heavy (non-hydrogen) atoms. The highest BCUT2D eigenvalue weighted by Crippen LogP contribution is 2.20. The first kappa shape index (κ1) is 23.5. The van der Waals surface area contributed by atoms with Gasteiger partial charge >= 0.3 is 11.8 Å². The summed E-state index contributed by atoms with van der Waals surface area (Å²) in [5, 5.41) is 8.55. The molecule has 1 aromatic heterocycles. The second kappa shape index (κ2) is 11.4. The zero-order valence-electron chi connectivity index (χ0n) is 17.0. The van der Waals surface area contributed by atoms with Crippen LogP contribution in [0, 0.1) is 5.82 Å². The Hall–Kier alpha value is -4.18. The van der Waals surface area contributed by atoms with Gasteiger partial charge in [0.25, 0.3) is 5.91 Å². The summed E-state index contributed by atoms with van der Waals surface area (Å²) in [6, 6.07) is 13.7. The van der Waals surface area contributed by atoms with Crippen molar-refractivity contribution in [1.29, 1.82) is 0 Å². The molecule has 0 unspecified atom stereocenters. The van der Waals surface area contributed by atoms with Gasteiger partial charge in [-0.15, -0.1) is 0 Å². The molecule has 170 valence electrons. The number of rotatable bonds is 8. The third-order valence-corrected chi connectivity index (χ3v) is 4.35. The molecule has 0 radical (unpaired) electrons. The molecule has 0 saturated carbocycles. The lowest BCUT2D eigenvalue weighted by molar-refractivity contribution is -0.139. The van der Waals surface area contributed by atoms with E-state index in [0.717, 1.165) is 6.07 Å². The predicted molar refractivity (Wildman–Crippen MR) is 118 cm³/mol. The van der Waals surface area contributed by atoms with Gasteiger partial charge < -0.3 is 19.8 Å². The fourth-order valence-corrected chi connectivity index (χ4v) is 2.69. The molecule has 3 N–H and O–H groups in total. The maximum Gasteiger partial charge on any atom is 0.329 e. The third kappa shape index (κ3) is 7.18. The van der Waals surface area contributed by atoms with E-state index in [2.05, 4.69) is 21.2 Å². The standard InChI is InChI=1S/C22H18ClFN4O5/c23-17-10-15(7-8-18(17)24)27-20(29)13-33-19-6-2-1-4-14(19)11-26-28-22(31)21(30)25-12-16-5-3-9-32-16/h1-11H,12-13H2,(H,25,30)(H,27,29)(H,28,31)/b26-11-. The SMILES string of the molecule is O=C(COc1ccccc1/C=N\NC(=O)C(=O)NCc1ccco1)Nc1ccc(F)c(Cl)c1. The van der Waals surface area contributed by atoms with Crippen LogP contribution in [0.3, 0.4) is 0 Å². The van der Waals surface area contributed by atoms with Crippen molar-refractivity contribution in [1.82, 2.24) is 10.7 Å². The average Bonchev–Trinajstić information content (AvgIpc) is 3.33. The predicted octanol–water partition coefficient (Wildman–Crippen LogP) is 2.86. The fraction of sp³-hybridized carbons (Fsp3) is 0.0909. The van der Waals surface area contributed by atoms with Crippen molar-refractivity contribution in [2.45, 2.75) is 6.54 Å². The van der Waals surface area contributed by atoms with Crippen molar-refractivity contribution >= 4 is 41.2 Å². The Kier molecular flexibility index (Phi) is 8.14. The molecule has 0 aliphatic heterocycles. The highest BCUT2D eigenvalue weighted by molar-refractivity contribution is 6.35. The molecule has 3 rings (SSSR count). The summed E-state index contributed by atoms with van der Waals surface area (Å²) in [5.41, 5.74) is 2.87. The molecule has 0 saturated heterocycles. The Labute approximate surface area is 192 Å². The van der Waals surface area contributed by atoms with Crippen molar-refractivity contribution in [3.63, 3.8) is 0 Å². The summed E-state index contributed by atoms with van der Waals surface area (Å²) in [6.45, 7) is -0.284. The number of hydrazone groups is 1. The second-order valence-electron chi connectivity index (χ2n) is 6.46. The van der Waals surface area contributed by atoms with Crippen LogP contribution in [0.4, 0.5) is 10.1 Å². The number of carbonyl (C=O) groups excluding carboxylic acids is 3. The maximum atomic E-state index is 13.2. The van der Waals surface area contributed by atoms with Gasteiger partial charge in [-0.05, 0) is 42.5 Å². The third-order valence-electron chi connectivity index (χ3n) is 4.06. The lowest BCUT2D eigenvalue weighted by Gasteiger charge is -2.10. The van der Waals surface area contributed by atoms with Gasteiger partial charge in [0.2, 0.25) is 0 Å². The largest absolute Gasteiger partial charge is 0.483 e. The van der Waals surface area contributed by atoms with E-state index in [4.69, 9.17) is 20.8 Å². The zero-order valence-corrected chi connectivity index (χ0v) is 17.8. The van der Waals surface area contributed by atoms with Gasteiger partial charge in [0, 0.05) is 11.3 Å². The molecule has 3 aromatic rings. The van der Waals surface area contributed by atoms with E-state index in [1.54, 1.807) is 36.4 Å². The highest BCUT2D eigenvalue weighted by atomic mass is 35.5. The van der Waals surface area contributed by atoms with Crippen molar-refractivity contribution in [2.24, 2.45) is 5.10 Å². The Balaban J connectivity index is 1.50. The zero-order chi connectivity index (χ0) is 23.6. The molecule has 0 bridgehead atoms. The molecule has 1 heterocycles. The molecule has 3 amide bonds. The molecule has 9 nitrogen and oxygen atoms in total. The van der Waals surface area contributed by atoms with E-state index in [-0.39, 0.29) is 18.2 Å². The van der Waals surface area contributed by atoms with Crippen molar-refractivity contribution in [3.05, 3.63) is 83.0 Å². The molecule has 2 aromatic carbocycles. The summed E-state index contributed by atoms with van der Waals surface area (Å²) < 4.78 is 23.8. The number of carbonyl (C=O) groups is 3. The Morgan fingerprint density at radius 1 is 1.09 bits per heavy atom. The van der Waals surface area contributed by atoms with Crippen molar-refractivity contribution < 1.29 is 27.9 Å². The number of hydrogen-bond acceptors (Lipinski definition) is 6. The molecule has 0 aliphatic rings. The lowest BCUT2D eigenvalue weighted by Crippen LogP contribution is -2.37. The molecule has 11 heteroatoms. The van der Waals surface area contributed by atoms with Crippen LogP contribution in [0.15, 0.2) is 70.4 Å². The van der Waals surface area contributed by atoms with Gasteiger partial charge in [-0.2, -0.15) is 5.10 Å². The van der Waals surface area contributed by atoms with Crippen molar-refractivity contribution in [2.75, 3.05) is 11.9 Å². The van der Waals surface area contributed by atoms with Gasteiger partial charge in [0.15, 0.2) is 6.61 Å². The minimum Gasteiger partial charge on any atom is -0.483 e. The Bertz CT molecular complexity index is 1170. The number of ether oxygens (including phenoxy) is 1. The van der Waals surface area contributed by atoms with Crippen LogP contribution in [-0.4, -0.2) is 30.5 Å². The van der Waals surface area contributed by atoms with E-state index in [9.17, 15) is 18.8 Å². The first-order valence-corrected chi connectivity index (χ1v) is 9.90. The number of para-hydroxylation sites is 1. The molecular weight excluding hydrogens is 455 g/mol. The molecule has 0 fully saturated rings. The lowest BCUT2D eigenvalue weighted by atomic mass is 10.2. The highest BCUT2D eigenvalue weighted by Gasteiger charge is 2.13. The maximum absolute atomic E-state index is 13.2. The summed E-state index contributed by atoms with van der Waals surface area (Å²) in [4.78, 5) is 35.7. The number of nitrogens with zero attached hydrogens (tertiary/aromatic N) is 1. The van der Waals surface area contributed by atoms with Crippen LogP contribution < -0.4 is 20.8 Å². The van der Waals surface area contributed by atoms with E-state index >= 15 is 0 Å². The van der Waals surface area contributed by atoms with Crippen LogP contribution in [0.25, 0.3) is 0 Å². The summed E-state index contributed by atoms with van der Waals surface area (Å²) in [5.74, 6) is -2.13. The van der Waals surface area contributed by atoms with Crippen LogP contribution in [0.2, 0.25) is 5.02 Å². The smallest absolute Gasteiger partial charge is 0.329 e. The topological polar surface area (TPSA) is 122 Å².